The van der Waals surface area contributed by atoms with Gasteiger partial charge in [0, 0.05) is 16.6 Å². The Morgan fingerprint density at radius 3 is 3.00 bits per heavy atom. The first-order chi connectivity index (χ1) is 7.75. The van der Waals surface area contributed by atoms with E-state index >= 15 is 0 Å². The number of piperidine rings is 1. The summed E-state index contributed by atoms with van der Waals surface area (Å²) in [7, 11) is 0. The smallest absolute Gasteiger partial charge is 0.0310 e. The zero-order valence-corrected chi connectivity index (χ0v) is 11.0. The highest BCUT2D eigenvalue weighted by atomic mass is 79.9. The maximum Gasteiger partial charge on any atom is 0.0310 e. The van der Waals surface area contributed by atoms with Crippen LogP contribution in [0.3, 0.4) is 0 Å². The Hall–Kier alpha value is -0.380. The Morgan fingerprint density at radius 2 is 2.31 bits per heavy atom. The first-order valence-electron chi connectivity index (χ1n) is 6.00. The SMILES string of the molecule is NC(CC1CCCCN1)c1cccc(Br)c1. The van der Waals surface area contributed by atoms with E-state index in [1.165, 1.54) is 24.8 Å². The van der Waals surface area contributed by atoms with E-state index in [2.05, 4.69) is 33.4 Å². The van der Waals surface area contributed by atoms with Crippen molar-refractivity contribution in [3.05, 3.63) is 34.3 Å². The monoisotopic (exact) mass is 282 g/mol. The summed E-state index contributed by atoms with van der Waals surface area (Å²) in [6, 6.07) is 9.06. The van der Waals surface area contributed by atoms with E-state index in [-0.39, 0.29) is 6.04 Å². The van der Waals surface area contributed by atoms with Gasteiger partial charge in [-0.1, -0.05) is 34.5 Å². The van der Waals surface area contributed by atoms with Crippen molar-refractivity contribution >= 4 is 15.9 Å². The van der Waals surface area contributed by atoms with E-state index in [0.717, 1.165) is 17.4 Å². The van der Waals surface area contributed by atoms with Crippen molar-refractivity contribution in [3.8, 4) is 0 Å². The molecule has 3 N–H and O–H groups in total. The summed E-state index contributed by atoms with van der Waals surface area (Å²) in [6.07, 6.45) is 4.95. The molecule has 1 aliphatic rings. The Balaban J connectivity index is 1.94. The predicted molar refractivity (Wildman–Crippen MR) is 71.3 cm³/mol. The second-order valence-corrected chi connectivity index (χ2v) is 5.46. The molecular formula is C13H19BrN2. The van der Waals surface area contributed by atoms with Gasteiger partial charge in [-0.2, -0.15) is 0 Å². The second-order valence-electron chi connectivity index (χ2n) is 4.54. The molecule has 2 unspecified atom stereocenters. The van der Waals surface area contributed by atoms with Crippen LogP contribution < -0.4 is 11.1 Å². The summed E-state index contributed by atoms with van der Waals surface area (Å²) in [6.45, 7) is 1.15. The maximum atomic E-state index is 6.23. The van der Waals surface area contributed by atoms with Crippen molar-refractivity contribution in [2.24, 2.45) is 5.73 Å². The van der Waals surface area contributed by atoms with Crippen LogP contribution >= 0.6 is 15.9 Å². The summed E-state index contributed by atoms with van der Waals surface area (Å²) in [5, 5.41) is 3.54. The molecule has 0 spiro atoms. The van der Waals surface area contributed by atoms with E-state index in [1.54, 1.807) is 0 Å². The number of hydrogen-bond acceptors (Lipinski definition) is 2. The van der Waals surface area contributed by atoms with E-state index < -0.39 is 0 Å². The summed E-state index contributed by atoms with van der Waals surface area (Å²) in [5.41, 5.74) is 7.46. The lowest BCUT2D eigenvalue weighted by atomic mass is 9.95. The lowest BCUT2D eigenvalue weighted by Gasteiger charge is -2.26. The molecule has 1 heterocycles. The van der Waals surface area contributed by atoms with Crippen molar-refractivity contribution in [3.63, 3.8) is 0 Å². The minimum atomic E-state index is 0.146. The molecule has 0 aliphatic carbocycles. The molecule has 0 saturated carbocycles. The van der Waals surface area contributed by atoms with Gasteiger partial charge < -0.3 is 11.1 Å². The van der Waals surface area contributed by atoms with Crippen LogP contribution in [0.15, 0.2) is 28.7 Å². The van der Waals surface area contributed by atoms with Gasteiger partial charge in [-0.25, -0.2) is 0 Å². The standard InChI is InChI=1S/C13H19BrN2/c14-11-5-3-4-10(8-11)13(15)9-12-6-1-2-7-16-12/h3-5,8,12-13,16H,1-2,6-7,9,15H2. The molecule has 0 aromatic heterocycles. The van der Waals surface area contributed by atoms with Gasteiger partial charge in [0.05, 0.1) is 0 Å². The fourth-order valence-corrected chi connectivity index (χ4v) is 2.72. The van der Waals surface area contributed by atoms with Gasteiger partial charge in [-0.3, -0.25) is 0 Å². The third-order valence-corrected chi connectivity index (χ3v) is 3.72. The molecule has 16 heavy (non-hydrogen) atoms. The van der Waals surface area contributed by atoms with E-state index in [1.807, 2.05) is 12.1 Å². The van der Waals surface area contributed by atoms with Crippen molar-refractivity contribution < 1.29 is 0 Å². The van der Waals surface area contributed by atoms with Gasteiger partial charge >= 0.3 is 0 Å². The van der Waals surface area contributed by atoms with Crippen molar-refractivity contribution in [1.82, 2.24) is 5.32 Å². The van der Waals surface area contributed by atoms with Crippen LogP contribution in [0.1, 0.15) is 37.3 Å². The van der Waals surface area contributed by atoms with Crippen LogP contribution in [0.4, 0.5) is 0 Å². The van der Waals surface area contributed by atoms with Gasteiger partial charge in [-0.05, 0) is 43.5 Å². The lowest BCUT2D eigenvalue weighted by molar-refractivity contribution is 0.362. The highest BCUT2D eigenvalue weighted by Crippen LogP contribution is 2.22. The number of nitrogens with one attached hydrogen (secondary N) is 1. The highest BCUT2D eigenvalue weighted by molar-refractivity contribution is 9.10. The Kier molecular flexibility index (Phi) is 4.38. The van der Waals surface area contributed by atoms with Gasteiger partial charge in [0.25, 0.3) is 0 Å². The molecule has 0 amide bonds. The van der Waals surface area contributed by atoms with Crippen LogP contribution in [0.2, 0.25) is 0 Å². The van der Waals surface area contributed by atoms with Crippen LogP contribution in [-0.2, 0) is 0 Å². The zero-order chi connectivity index (χ0) is 11.4. The number of hydrogen-bond donors (Lipinski definition) is 2. The molecule has 88 valence electrons. The van der Waals surface area contributed by atoms with Crippen molar-refractivity contribution in [1.29, 1.82) is 0 Å². The Bertz CT molecular complexity index is 334. The minimum Gasteiger partial charge on any atom is -0.324 e. The Labute approximate surface area is 106 Å². The van der Waals surface area contributed by atoms with Crippen molar-refractivity contribution in [2.75, 3.05) is 6.54 Å². The van der Waals surface area contributed by atoms with Gasteiger partial charge in [0.15, 0.2) is 0 Å². The average molecular weight is 283 g/mol. The van der Waals surface area contributed by atoms with Crippen LogP contribution in [0.5, 0.6) is 0 Å². The maximum absolute atomic E-state index is 6.23. The number of benzene rings is 1. The van der Waals surface area contributed by atoms with Crippen LogP contribution in [-0.4, -0.2) is 12.6 Å². The molecule has 2 nitrogen and oxygen atoms in total. The molecule has 1 aromatic rings. The quantitative estimate of drug-likeness (QED) is 0.895. The van der Waals surface area contributed by atoms with Gasteiger partial charge in [0.1, 0.15) is 0 Å². The molecule has 1 saturated heterocycles. The molecule has 0 radical (unpaired) electrons. The fraction of sp³-hybridized carbons (Fsp3) is 0.538. The molecule has 1 fully saturated rings. The summed E-state index contributed by atoms with van der Waals surface area (Å²) >= 11 is 3.48. The fourth-order valence-electron chi connectivity index (χ4n) is 2.31. The molecular weight excluding hydrogens is 264 g/mol. The lowest BCUT2D eigenvalue weighted by Crippen LogP contribution is -2.36. The molecule has 3 heteroatoms. The van der Waals surface area contributed by atoms with Gasteiger partial charge in [-0.15, -0.1) is 0 Å². The Morgan fingerprint density at radius 1 is 1.44 bits per heavy atom. The van der Waals surface area contributed by atoms with Crippen molar-refractivity contribution in [2.45, 2.75) is 37.8 Å². The van der Waals surface area contributed by atoms with Crippen LogP contribution in [0.25, 0.3) is 0 Å². The largest absolute Gasteiger partial charge is 0.324 e. The molecule has 2 atom stereocenters. The summed E-state index contributed by atoms with van der Waals surface area (Å²) in [4.78, 5) is 0. The topological polar surface area (TPSA) is 38.0 Å². The molecule has 0 bridgehead atoms. The molecule has 1 aliphatic heterocycles. The number of nitrogens with two attached hydrogens (primary N) is 1. The van der Waals surface area contributed by atoms with Gasteiger partial charge in [0.2, 0.25) is 0 Å². The van der Waals surface area contributed by atoms with E-state index in [4.69, 9.17) is 5.73 Å². The van der Waals surface area contributed by atoms with Crippen LogP contribution in [0, 0.1) is 0 Å². The third-order valence-electron chi connectivity index (χ3n) is 3.23. The highest BCUT2D eigenvalue weighted by Gasteiger charge is 2.16. The molecule has 2 rings (SSSR count). The van der Waals surface area contributed by atoms with E-state index in [0.29, 0.717) is 6.04 Å². The summed E-state index contributed by atoms with van der Waals surface area (Å²) in [5.74, 6) is 0. The number of rotatable bonds is 3. The first kappa shape index (κ1) is 12.1. The molecule has 1 aromatic carbocycles. The number of halogens is 1. The second kappa shape index (κ2) is 5.80. The summed E-state index contributed by atoms with van der Waals surface area (Å²) < 4.78 is 1.11. The zero-order valence-electron chi connectivity index (χ0n) is 9.45. The third kappa shape index (κ3) is 3.30. The minimum absolute atomic E-state index is 0.146. The van der Waals surface area contributed by atoms with E-state index in [9.17, 15) is 0 Å². The normalized spacial score (nSPS) is 23.0. The predicted octanol–water partition coefficient (Wildman–Crippen LogP) is 2.98. The average Bonchev–Trinajstić information content (AvgIpc) is 2.30. The first-order valence-corrected chi connectivity index (χ1v) is 6.79.